The van der Waals surface area contributed by atoms with E-state index in [2.05, 4.69) is 0 Å². The molecule has 1 amide bonds. The predicted octanol–water partition coefficient (Wildman–Crippen LogP) is 1.29. The lowest BCUT2D eigenvalue weighted by Crippen LogP contribution is -2.54. The molecule has 0 bridgehead atoms. The number of nitrogens with zero attached hydrogens (tertiary/aromatic N) is 1. The van der Waals surface area contributed by atoms with Crippen molar-refractivity contribution in [3.63, 3.8) is 0 Å². The zero-order valence-corrected chi connectivity index (χ0v) is 11.5. The molecule has 6 nitrogen and oxygen atoms in total. The number of aliphatic carboxylic acids is 1. The highest BCUT2D eigenvalue weighted by atomic mass is 16.6. The smallest absolute Gasteiger partial charge is 0.326 e. The minimum Gasteiger partial charge on any atom is -0.485 e. The number of carboxylic acid groups (broad SMARTS) is 1. The summed E-state index contributed by atoms with van der Waals surface area (Å²) in [7, 11) is 0. The van der Waals surface area contributed by atoms with Gasteiger partial charge in [-0.2, -0.15) is 0 Å². The third-order valence-electron chi connectivity index (χ3n) is 3.85. The molecule has 0 saturated carbocycles. The van der Waals surface area contributed by atoms with Crippen molar-refractivity contribution in [3.05, 3.63) is 24.3 Å². The molecule has 2 heterocycles. The summed E-state index contributed by atoms with van der Waals surface area (Å²) in [6.07, 6.45) is 1.36. The Morgan fingerprint density at radius 3 is 2.71 bits per heavy atom. The van der Waals surface area contributed by atoms with Crippen LogP contribution < -0.4 is 9.47 Å². The first-order valence-electron chi connectivity index (χ1n) is 7.08. The summed E-state index contributed by atoms with van der Waals surface area (Å²) in [5, 5.41) is 9.25. The normalized spacial score (nSPS) is 24.5. The molecule has 21 heavy (non-hydrogen) atoms. The van der Waals surface area contributed by atoms with Gasteiger partial charge in [0, 0.05) is 6.54 Å². The number of ether oxygens (including phenoxy) is 2. The summed E-state index contributed by atoms with van der Waals surface area (Å²) in [6, 6.07) is 6.38. The van der Waals surface area contributed by atoms with Gasteiger partial charge in [-0.3, -0.25) is 4.79 Å². The maximum absolute atomic E-state index is 12.5. The van der Waals surface area contributed by atoms with Crippen molar-refractivity contribution >= 4 is 11.9 Å². The average Bonchev–Trinajstić information content (AvgIpc) is 2.53. The molecular weight excluding hydrogens is 274 g/mol. The number of hydrogen-bond donors (Lipinski definition) is 1. The summed E-state index contributed by atoms with van der Waals surface area (Å²) < 4.78 is 11.2. The van der Waals surface area contributed by atoms with Crippen LogP contribution in [0.3, 0.4) is 0 Å². The molecule has 0 aromatic heterocycles. The maximum Gasteiger partial charge on any atom is 0.326 e. The zero-order valence-electron chi connectivity index (χ0n) is 11.5. The van der Waals surface area contributed by atoms with E-state index in [1.54, 1.807) is 18.2 Å². The lowest BCUT2D eigenvalue weighted by atomic mass is 10.0. The fourth-order valence-corrected chi connectivity index (χ4v) is 2.78. The standard InChI is InChI=1S/C15H17NO5/c17-14(16-8-4-3-5-10(16)15(18)19)13-9-20-11-6-1-2-7-12(11)21-13/h1-2,6-7,10,13H,3-5,8-9H2,(H,18,19)/t10-,13+/m0/s1. The van der Waals surface area contributed by atoms with Crippen molar-refractivity contribution in [2.24, 2.45) is 0 Å². The lowest BCUT2D eigenvalue weighted by Gasteiger charge is -2.36. The number of carbonyl (C=O) groups excluding carboxylic acids is 1. The van der Waals surface area contributed by atoms with E-state index in [4.69, 9.17) is 9.47 Å². The van der Waals surface area contributed by atoms with Gasteiger partial charge in [-0.15, -0.1) is 0 Å². The van der Waals surface area contributed by atoms with Crippen LogP contribution in [0.2, 0.25) is 0 Å². The third-order valence-corrected chi connectivity index (χ3v) is 3.85. The summed E-state index contributed by atoms with van der Waals surface area (Å²) in [4.78, 5) is 25.2. The Morgan fingerprint density at radius 2 is 1.95 bits per heavy atom. The third kappa shape index (κ3) is 2.66. The number of carbonyl (C=O) groups is 2. The molecule has 3 rings (SSSR count). The van der Waals surface area contributed by atoms with Gasteiger partial charge >= 0.3 is 5.97 Å². The van der Waals surface area contributed by atoms with Gasteiger partial charge in [0.05, 0.1) is 0 Å². The molecule has 1 saturated heterocycles. The number of carboxylic acids is 1. The second kappa shape index (κ2) is 5.63. The van der Waals surface area contributed by atoms with Crippen LogP contribution in [0.15, 0.2) is 24.3 Å². The van der Waals surface area contributed by atoms with E-state index in [0.29, 0.717) is 24.5 Å². The Balaban J connectivity index is 1.75. The predicted molar refractivity (Wildman–Crippen MR) is 73.3 cm³/mol. The second-order valence-electron chi connectivity index (χ2n) is 5.25. The minimum absolute atomic E-state index is 0.110. The number of para-hydroxylation sites is 2. The number of amides is 1. The molecule has 0 aliphatic carbocycles. The van der Waals surface area contributed by atoms with E-state index in [9.17, 15) is 14.7 Å². The highest BCUT2D eigenvalue weighted by molar-refractivity contribution is 5.87. The summed E-state index contributed by atoms with van der Waals surface area (Å²) in [6.45, 7) is 0.565. The molecule has 0 radical (unpaired) electrons. The quantitative estimate of drug-likeness (QED) is 0.888. The Bertz CT molecular complexity index is 559. The second-order valence-corrected chi connectivity index (χ2v) is 5.25. The van der Waals surface area contributed by atoms with Crippen LogP contribution in [0.25, 0.3) is 0 Å². The van der Waals surface area contributed by atoms with E-state index < -0.39 is 18.1 Å². The number of fused-ring (bicyclic) bond motifs is 1. The highest BCUT2D eigenvalue weighted by Gasteiger charge is 2.38. The van der Waals surface area contributed by atoms with Crippen molar-refractivity contribution in [1.82, 2.24) is 4.90 Å². The van der Waals surface area contributed by atoms with Crippen molar-refractivity contribution in [3.8, 4) is 11.5 Å². The molecule has 2 aliphatic heterocycles. The maximum atomic E-state index is 12.5. The molecule has 2 atom stereocenters. The first-order valence-corrected chi connectivity index (χ1v) is 7.08. The van der Waals surface area contributed by atoms with Gasteiger partial charge in [-0.1, -0.05) is 12.1 Å². The van der Waals surface area contributed by atoms with Crippen molar-refractivity contribution in [1.29, 1.82) is 0 Å². The first-order chi connectivity index (χ1) is 10.2. The molecule has 1 aromatic rings. The van der Waals surface area contributed by atoms with Crippen LogP contribution in [0.1, 0.15) is 19.3 Å². The fourth-order valence-electron chi connectivity index (χ4n) is 2.78. The van der Waals surface area contributed by atoms with Crippen LogP contribution in [0, 0.1) is 0 Å². The fraction of sp³-hybridized carbons (Fsp3) is 0.467. The molecule has 2 aliphatic rings. The van der Waals surface area contributed by atoms with Gasteiger partial charge in [-0.05, 0) is 31.4 Å². The number of hydrogen-bond acceptors (Lipinski definition) is 4. The summed E-state index contributed by atoms with van der Waals surface area (Å²) in [5.41, 5.74) is 0. The Hall–Kier alpha value is -2.24. The van der Waals surface area contributed by atoms with E-state index in [1.807, 2.05) is 6.07 Å². The molecule has 1 aromatic carbocycles. The van der Waals surface area contributed by atoms with Crippen molar-refractivity contribution in [2.75, 3.05) is 13.2 Å². The van der Waals surface area contributed by atoms with E-state index in [0.717, 1.165) is 12.8 Å². The van der Waals surface area contributed by atoms with Crippen LogP contribution in [-0.4, -0.2) is 47.2 Å². The average molecular weight is 291 g/mol. The number of piperidine rings is 1. The van der Waals surface area contributed by atoms with Gasteiger partial charge in [0.15, 0.2) is 11.5 Å². The number of benzene rings is 1. The van der Waals surface area contributed by atoms with Crippen LogP contribution in [0.4, 0.5) is 0 Å². The molecule has 0 unspecified atom stereocenters. The van der Waals surface area contributed by atoms with Gasteiger partial charge in [-0.25, -0.2) is 4.79 Å². The highest BCUT2D eigenvalue weighted by Crippen LogP contribution is 2.32. The lowest BCUT2D eigenvalue weighted by molar-refractivity contribution is -0.156. The van der Waals surface area contributed by atoms with E-state index >= 15 is 0 Å². The van der Waals surface area contributed by atoms with Crippen molar-refractivity contribution in [2.45, 2.75) is 31.4 Å². The number of likely N-dealkylation sites (tertiary alicyclic amines) is 1. The van der Waals surface area contributed by atoms with Gasteiger partial charge in [0.1, 0.15) is 12.6 Å². The Kier molecular flexibility index (Phi) is 3.68. The van der Waals surface area contributed by atoms with E-state index in [1.165, 1.54) is 4.90 Å². The minimum atomic E-state index is -0.958. The summed E-state index contributed by atoms with van der Waals surface area (Å²) in [5.74, 6) is -0.141. The molecule has 6 heteroatoms. The molecule has 0 spiro atoms. The molecule has 112 valence electrons. The Labute approximate surface area is 122 Å². The molecular formula is C15H17NO5. The van der Waals surface area contributed by atoms with Crippen LogP contribution >= 0.6 is 0 Å². The monoisotopic (exact) mass is 291 g/mol. The summed E-state index contributed by atoms with van der Waals surface area (Å²) >= 11 is 0. The topological polar surface area (TPSA) is 76.1 Å². The van der Waals surface area contributed by atoms with Gasteiger partial charge in [0.2, 0.25) is 6.10 Å². The molecule has 1 fully saturated rings. The van der Waals surface area contributed by atoms with Crippen molar-refractivity contribution < 1.29 is 24.2 Å². The zero-order chi connectivity index (χ0) is 14.8. The number of rotatable bonds is 2. The Morgan fingerprint density at radius 1 is 1.19 bits per heavy atom. The van der Waals surface area contributed by atoms with E-state index in [-0.39, 0.29) is 12.5 Å². The van der Waals surface area contributed by atoms with Gasteiger partial charge in [0.25, 0.3) is 5.91 Å². The molecule has 1 N–H and O–H groups in total. The largest absolute Gasteiger partial charge is 0.485 e. The SMILES string of the molecule is O=C(O)[C@@H]1CCCCN1C(=O)[C@H]1COc2ccccc2O1. The first kappa shape index (κ1) is 13.7. The van der Waals surface area contributed by atoms with Crippen LogP contribution in [-0.2, 0) is 9.59 Å². The van der Waals surface area contributed by atoms with Crippen LogP contribution in [0.5, 0.6) is 11.5 Å². The van der Waals surface area contributed by atoms with Gasteiger partial charge < -0.3 is 19.5 Å².